The van der Waals surface area contributed by atoms with E-state index in [1.165, 1.54) is 11.8 Å². The molecule has 0 bridgehead atoms. The van der Waals surface area contributed by atoms with Gasteiger partial charge in [-0.05, 0) is 23.4 Å². The van der Waals surface area contributed by atoms with E-state index in [4.69, 9.17) is 24.8 Å². The van der Waals surface area contributed by atoms with Gasteiger partial charge in [0, 0.05) is 43.3 Å². The van der Waals surface area contributed by atoms with Gasteiger partial charge in [-0.1, -0.05) is 47.6 Å². The first kappa shape index (κ1) is 25.4. The summed E-state index contributed by atoms with van der Waals surface area (Å²) in [6.45, 7) is 0.441. The van der Waals surface area contributed by atoms with Crippen molar-refractivity contribution in [1.82, 2.24) is 15.5 Å². The summed E-state index contributed by atoms with van der Waals surface area (Å²) in [7, 11) is -4.50. The van der Waals surface area contributed by atoms with Crippen molar-refractivity contribution in [3.63, 3.8) is 0 Å². The van der Waals surface area contributed by atoms with Crippen molar-refractivity contribution in [3.05, 3.63) is 95.7 Å². The van der Waals surface area contributed by atoms with E-state index in [9.17, 15) is 4.57 Å². The minimum Gasteiger partial charge on any atom is -0.477 e. The van der Waals surface area contributed by atoms with Crippen LogP contribution < -0.4 is 15.8 Å². The van der Waals surface area contributed by atoms with Crippen LogP contribution in [-0.2, 0) is 21.9 Å². The number of rotatable bonds is 13. The molecule has 0 saturated heterocycles. The molecule has 10 nitrogen and oxygen atoms in total. The minimum absolute atomic E-state index is 0.217. The number of phosphoric acid groups is 1. The first-order valence-corrected chi connectivity index (χ1v) is 12.0. The van der Waals surface area contributed by atoms with Crippen molar-refractivity contribution >= 4 is 13.4 Å². The Bertz CT molecular complexity index is 1130. The molecule has 0 atom stereocenters. The zero-order chi connectivity index (χ0) is 24.2. The Balaban J connectivity index is 1.48. The largest absolute Gasteiger partial charge is 0.477 e. The molecule has 34 heavy (non-hydrogen) atoms. The Hall–Kier alpha value is -3.27. The van der Waals surface area contributed by atoms with Crippen molar-refractivity contribution in [1.29, 1.82) is 0 Å². The molecule has 3 rings (SSSR count). The minimum atomic E-state index is -4.50. The summed E-state index contributed by atoms with van der Waals surface area (Å²) in [4.78, 5) is 21.6. The summed E-state index contributed by atoms with van der Waals surface area (Å²) >= 11 is 0. The average Bonchev–Trinajstić information content (AvgIpc) is 3.28. The normalized spacial score (nSPS) is 12.3. The fraction of sp³-hybridized carbons (Fsp3) is 0.217. The van der Waals surface area contributed by atoms with Crippen LogP contribution in [-0.4, -0.2) is 39.8 Å². The third-order valence-electron chi connectivity index (χ3n) is 4.59. The highest BCUT2D eigenvalue weighted by atomic mass is 31.2. The summed E-state index contributed by atoms with van der Waals surface area (Å²) in [5, 5.41) is 6.69. The van der Waals surface area contributed by atoms with Gasteiger partial charge in [0.15, 0.2) is 5.76 Å². The fourth-order valence-corrected chi connectivity index (χ4v) is 3.17. The van der Waals surface area contributed by atoms with Crippen LogP contribution in [0, 0.1) is 0 Å². The molecule has 11 heteroatoms. The van der Waals surface area contributed by atoms with Gasteiger partial charge in [0.1, 0.15) is 6.73 Å². The van der Waals surface area contributed by atoms with Crippen LogP contribution in [0.4, 0.5) is 0 Å². The molecule has 2 aromatic heterocycles. The summed E-state index contributed by atoms with van der Waals surface area (Å²) < 4.78 is 26.0. The van der Waals surface area contributed by atoms with Gasteiger partial charge < -0.3 is 30.1 Å². The van der Waals surface area contributed by atoms with E-state index < -0.39 is 7.82 Å². The van der Waals surface area contributed by atoms with Gasteiger partial charge in [-0.25, -0.2) is 9.55 Å². The second kappa shape index (κ2) is 12.8. The van der Waals surface area contributed by atoms with Crippen molar-refractivity contribution in [2.24, 2.45) is 5.73 Å². The van der Waals surface area contributed by atoms with Crippen LogP contribution in [0.5, 0.6) is 5.88 Å². The Labute approximate surface area is 197 Å². The molecule has 0 spiro atoms. The lowest BCUT2D eigenvalue weighted by Crippen LogP contribution is -2.09. The van der Waals surface area contributed by atoms with Gasteiger partial charge in [0.05, 0.1) is 12.3 Å². The van der Waals surface area contributed by atoms with Gasteiger partial charge in [-0.15, -0.1) is 0 Å². The number of pyridine rings is 1. The topological polar surface area (TPSA) is 153 Å². The maximum atomic E-state index is 10.6. The number of hydrogen-bond acceptors (Lipinski definition) is 8. The van der Waals surface area contributed by atoms with Gasteiger partial charge >= 0.3 is 7.82 Å². The highest BCUT2D eigenvalue weighted by molar-refractivity contribution is 7.46. The van der Waals surface area contributed by atoms with Crippen LogP contribution in [0.15, 0.2) is 77.6 Å². The number of phosphoric ester groups is 1. The van der Waals surface area contributed by atoms with Gasteiger partial charge in [0.2, 0.25) is 5.88 Å². The molecule has 0 radical (unpaired) electrons. The summed E-state index contributed by atoms with van der Waals surface area (Å²) in [5.74, 6) is 1.10. The van der Waals surface area contributed by atoms with E-state index in [2.05, 4.69) is 32.1 Å². The number of aromatic nitrogens is 2. The molecule has 1 aromatic carbocycles. The van der Waals surface area contributed by atoms with E-state index in [1.807, 2.05) is 30.3 Å². The first-order chi connectivity index (χ1) is 16.4. The maximum Gasteiger partial charge on any atom is 0.471 e. The van der Waals surface area contributed by atoms with E-state index >= 15 is 0 Å². The predicted molar refractivity (Wildman–Crippen MR) is 126 cm³/mol. The molecule has 0 amide bonds. The number of allylic oxidation sites excluding steroid dienone is 2. The van der Waals surface area contributed by atoms with Crippen LogP contribution in [0.25, 0.3) is 5.57 Å². The molecule has 0 unspecified atom stereocenters. The molecule has 5 N–H and O–H groups in total. The van der Waals surface area contributed by atoms with E-state index in [0.29, 0.717) is 30.2 Å². The molecule has 0 aliphatic rings. The van der Waals surface area contributed by atoms with Crippen molar-refractivity contribution in [2.75, 3.05) is 19.9 Å². The van der Waals surface area contributed by atoms with Crippen LogP contribution >= 0.6 is 7.82 Å². The van der Waals surface area contributed by atoms with E-state index in [1.54, 1.807) is 24.4 Å². The van der Waals surface area contributed by atoms with Gasteiger partial charge in [0.25, 0.3) is 0 Å². The third kappa shape index (κ3) is 8.93. The molecular formula is C23H27N4O6P. The Morgan fingerprint density at radius 3 is 2.71 bits per heavy atom. The standard InChI is InChI=1S/C23H27N4O6P/c24-15-20(7-4-11-25-17-32-34(28,29)30)22-14-21(27-33-22)13-19-8-9-23(26-16-19)31-12-10-18-5-2-1-3-6-18/h1-9,11,14,16,25H,10,12-13,15,17,24H2,(H2,28,29,30)/b11-4-,20-7+. The number of benzene rings is 1. The molecule has 0 fully saturated rings. The lowest BCUT2D eigenvalue weighted by molar-refractivity contribution is 0.191. The maximum absolute atomic E-state index is 10.6. The fourth-order valence-electron chi connectivity index (χ4n) is 2.93. The second-order valence-electron chi connectivity index (χ2n) is 7.17. The van der Waals surface area contributed by atoms with Crippen LogP contribution in [0.3, 0.4) is 0 Å². The molecule has 3 aromatic rings. The smallest absolute Gasteiger partial charge is 0.471 e. The lowest BCUT2D eigenvalue weighted by Gasteiger charge is -2.06. The average molecular weight is 486 g/mol. The van der Waals surface area contributed by atoms with Crippen molar-refractivity contribution in [2.45, 2.75) is 12.8 Å². The lowest BCUT2D eigenvalue weighted by atomic mass is 10.1. The Morgan fingerprint density at radius 2 is 2.00 bits per heavy atom. The summed E-state index contributed by atoms with van der Waals surface area (Å²) in [6.07, 6.45) is 7.90. The zero-order valence-electron chi connectivity index (χ0n) is 18.4. The zero-order valence-corrected chi connectivity index (χ0v) is 19.3. The van der Waals surface area contributed by atoms with E-state index in [0.717, 1.165) is 17.7 Å². The number of ether oxygens (including phenoxy) is 1. The number of hydrogen-bond donors (Lipinski definition) is 4. The second-order valence-corrected chi connectivity index (χ2v) is 8.41. The van der Waals surface area contributed by atoms with Crippen LogP contribution in [0.2, 0.25) is 0 Å². The predicted octanol–water partition coefficient (Wildman–Crippen LogP) is 2.79. The number of nitrogens with two attached hydrogens (primary N) is 1. The van der Waals surface area contributed by atoms with Crippen molar-refractivity contribution < 1.29 is 28.1 Å². The number of nitrogens with one attached hydrogen (secondary N) is 1. The number of nitrogens with zero attached hydrogens (tertiary/aromatic N) is 2. The SMILES string of the molecule is NC/C(=C\C=C/NCOP(=O)(O)O)c1cc(Cc2ccc(OCCc3ccccc3)nc2)no1. The summed E-state index contributed by atoms with van der Waals surface area (Å²) in [5.41, 5.74) is 9.40. The monoisotopic (exact) mass is 486 g/mol. The third-order valence-corrected chi connectivity index (χ3v) is 5.05. The quantitative estimate of drug-likeness (QED) is 0.123. The first-order valence-electron chi connectivity index (χ1n) is 10.5. The molecule has 0 saturated carbocycles. The van der Waals surface area contributed by atoms with Crippen molar-refractivity contribution in [3.8, 4) is 5.88 Å². The molecular weight excluding hydrogens is 459 g/mol. The molecule has 0 aliphatic heterocycles. The Morgan fingerprint density at radius 1 is 1.18 bits per heavy atom. The molecule has 0 aliphatic carbocycles. The van der Waals surface area contributed by atoms with Gasteiger partial charge in [-0.2, -0.15) is 0 Å². The van der Waals surface area contributed by atoms with Crippen LogP contribution in [0.1, 0.15) is 22.6 Å². The van der Waals surface area contributed by atoms with E-state index in [-0.39, 0.29) is 13.3 Å². The summed E-state index contributed by atoms with van der Waals surface area (Å²) in [6, 6.07) is 15.7. The highest BCUT2D eigenvalue weighted by Crippen LogP contribution is 2.34. The van der Waals surface area contributed by atoms with Gasteiger partial charge in [-0.3, -0.25) is 4.52 Å². The Kier molecular flexibility index (Phi) is 9.57. The molecule has 2 heterocycles. The highest BCUT2D eigenvalue weighted by Gasteiger charge is 2.12. The molecule has 180 valence electrons.